The van der Waals surface area contributed by atoms with Gasteiger partial charge in [0.15, 0.2) is 6.79 Å². The van der Waals surface area contributed by atoms with Crippen molar-refractivity contribution in [1.82, 2.24) is 4.98 Å². The van der Waals surface area contributed by atoms with E-state index >= 15 is 0 Å². The molecule has 1 aromatic heterocycles. The topological polar surface area (TPSA) is 31.4 Å². The number of hydrogen-bond acceptors (Lipinski definition) is 3. The smallest absolute Gasteiger partial charge is 0.204 e. The Bertz CT molecular complexity index is 613. The molecule has 0 aliphatic heterocycles. The number of para-hydroxylation sites is 1. The van der Waals surface area contributed by atoms with E-state index in [1.807, 2.05) is 30.3 Å². The fraction of sp³-hybridized carbons (Fsp3) is 0.526. The summed E-state index contributed by atoms with van der Waals surface area (Å²) in [5, 5.41) is 1.09. The van der Waals surface area contributed by atoms with Crippen molar-refractivity contribution in [2.45, 2.75) is 58.2 Å². The van der Waals surface area contributed by atoms with Gasteiger partial charge in [0, 0.05) is 11.6 Å². The van der Waals surface area contributed by atoms with Crippen molar-refractivity contribution in [3.63, 3.8) is 0 Å². The lowest BCUT2D eigenvalue weighted by molar-refractivity contribution is 0.103. The Balaban J connectivity index is 2.16. The Kier molecular flexibility index (Phi) is 5.82. The number of hydrogen-bond donors (Lipinski definition) is 0. The molecule has 0 saturated carbocycles. The third-order valence-electron chi connectivity index (χ3n) is 4.83. The predicted octanol–water partition coefficient (Wildman–Crippen LogP) is 5.76. The summed E-state index contributed by atoms with van der Waals surface area (Å²) in [4.78, 5) is 4.43. The average molecular weight is 332 g/mol. The molecule has 0 bridgehead atoms. The molecule has 0 saturated heterocycles. The van der Waals surface area contributed by atoms with E-state index in [-0.39, 0.29) is 0 Å². The summed E-state index contributed by atoms with van der Waals surface area (Å²) in [6.45, 7) is 14.0. The molecule has 0 aliphatic carbocycles. The Morgan fingerprint density at radius 1 is 0.913 bits per heavy atom. The molecule has 0 spiro atoms. The SMILES string of the molecule is CC(C)[Si](OCOc1cccc2cccnc12)(C(C)C)C(C)C. The number of ether oxygens (including phenoxy) is 1. The van der Waals surface area contributed by atoms with Gasteiger partial charge in [0.25, 0.3) is 0 Å². The summed E-state index contributed by atoms with van der Waals surface area (Å²) in [5.41, 5.74) is 2.55. The molecule has 4 heteroatoms. The van der Waals surface area contributed by atoms with Gasteiger partial charge in [-0.1, -0.05) is 59.7 Å². The first kappa shape index (κ1) is 18.0. The van der Waals surface area contributed by atoms with E-state index in [0.717, 1.165) is 16.7 Å². The van der Waals surface area contributed by atoms with Crippen molar-refractivity contribution in [2.75, 3.05) is 6.79 Å². The highest BCUT2D eigenvalue weighted by molar-refractivity contribution is 6.77. The van der Waals surface area contributed by atoms with E-state index in [1.165, 1.54) is 0 Å². The second kappa shape index (κ2) is 7.45. The van der Waals surface area contributed by atoms with Gasteiger partial charge < -0.3 is 9.16 Å². The molecule has 0 aliphatic rings. The second-order valence-electron chi connectivity index (χ2n) is 7.06. The zero-order chi connectivity index (χ0) is 17.0. The van der Waals surface area contributed by atoms with E-state index in [4.69, 9.17) is 9.16 Å². The van der Waals surface area contributed by atoms with Crippen molar-refractivity contribution < 1.29 is 9.16 Å². The molecule has 0 N–H and O–H groups in total. The van der Waals surface area contributed by atoms with Gasteiger partial charge in [0.05, 0.1) is 0 Å². The van der Waals surface area contributed by atoms with Crippen LogP contribution in [0.15, 0.2) is 36.5 Å². The van der Waals surface area contributed by atoms with Crippen LogP contribution >= 0.6 is 0 Å². The van der Waals surface area contributed by atoms with Gasteiger partial charge in [-0.2, -0.15) is 0 Å². The number of pyridine rings is 1. The maximum absolute atomic E-state index is 6.46. The van der Waals surface area contributed by atoms with Crippen LogP contribution in [0, 0.1) is 0 Å². The summed E-state index contributed by atoms with van der Waals surface area (Å²) in [6, 6.07) is 9.99. The molecular formula is C19H29NO2Si. The fourth-order valence-electron chi connectivity index (χ4n) is 3.89. The molecule has 3 nitrogen and oxygen atoms in total. The third-order valence-corrected chi connectivity index (χ3v) is 10.9. The zero-order valence-corrected chi connectivity index (χ0v) is 16.2. The van der Waals surface area contributed by atoms with Gasteiger partial charge >= 0.3 is 0 Å². The third kappa shape index (κ3) is 3.59. The van der Waals surface area contributed by atoms with Gasteiger partial charge in [-0.25, -0.2) is 0 Å². The van der Waals surface area contributed by atoms with Gasteiger partial charge in [0.2, 0.25) is 8.32 Å². The monoisotopic (exact) mass is 331 g/mol. The van der Waals surface area contributed by atoms with Crippen molar-refractivity contribution in [3.05, 3.63) is 36.5 Å². The molecule has 1 aromatic carbocycles. The van der Waals surface area contributed by atoms with E-state index in [2.05, 4.69) is 46.5 Å². The molecule has 2 rings (SSSR count). The molecule has 0 unspecified atom stereocenters. The number of rotatable bonds is 7. The van der Waals surface area contributed by atoms with Crippen molar-refractivity contribution in [2.24, 2.45) is 0 Å². The first-order valence-corrected chi connectivity index (χ1v) is 10.6. The Hall–Kier alpha value is -1.39. The quantitative estimate of drug-likeness (QED) is 0.477. The minimum Gasteiger partial charge on any atom is -0.466 e. The van der Waals surface area contributed by atoms with Crippen LogP contribution in [-0.4, -0.2) is 20.1 Å². The second-order valence-corrected chi connectivity index (χ2v) is 12.5. The predicted molar refractivity (Wildman–Crippen MR) is 99.4 cm³/mol. The molecule has 0 amide bonds. The maximum atomic E-state index is 6.46. The standard InChI is InChI=1S/C19H29NO2Si/c1-14(2)23(15(3)4,16(5)6)22-13-21-18-11-7-9-17-10-8-12-20-19(17)18/h7-12,14-16H,13H2,1-6H3. The fourth-order valence-corrected chi connectivity index (χ4v) is 9.15. The average Bonchev–Trinajstić information content (AvgIpc) is 2.50. The van der Waals surface area contributed by atoms with Crippen LogP contribution in [-0.2, 0) is 4.43 Å². The van der Waals surface area contributed by atoms with Gasteiger partial charge in [-0.05, 0) is 28.8 Å². The van der Waals surface area contributed by atoms with Crippen LogP contribution < -0.4 is 4.74 Å². The lowest BCUT2D eigenvalue weighted by Crippen LogP contribution is -2.48. The molecule has 126 valence electrons. The van der Waals surface area contributed by atoms with Crippen LogP contribution in [0.4, 0.5) is 0 Å². The van der Waals surface area contributed by atoms with Crippen LogP contribution in [0.5, 0.6) is 5.75 Å². The van der Waals surface area contributed by atoms with Gasteiger partial charge in [-0.15, -0.1) is 0 Å². The number of nitrogens with zero attached hydrogens (tertiary/aromatic N) is 1. The van der Waals surface area contributed by atoms with E-state index in [0.29, 0.717) is 23.4 Å². The molecule has 0 radical (unpaired) electrons. The maximum Gasteiger partial charge on any atom is 0.204 e. The normalized spacial score (nSPS) is 12.6. The lowest BCUT2D eigenvalue weighted by atomic mass is 10.2. The first-order valence-electron chi connectivity index (χ1n) is 8.50. The molecule has 0 atom stereocenters. The minimum absolute atomic E-state index is 0.302. The van der Waals surface area contributed by atoms with Crippen molar-refractivity contribution >= 4 is 19.2 Å². The van der Waals surface area contributed by atoms with E-state index in [1.54, 1.807) is 6.20 Å². The number of benzene rings is 1. The highest BCUT2D eigenvalue weighted by Gasteiger charge is 2.45. The summed E-state index contributed by atoms with van der Waals surface area (Å²) >= 11 is 0. The highest BCUT2D eigenvalue weighted by atomic mass is 28.4. The molecule has 1 heterocycles. The Morgan fingerprint density at radius 2 is 1.52 bits per heavy atom. The van der Waals surface area contributed by atoms with Gasteiger partial charge in [-0.3, -0.25) is 4.98 Å². The molecule has 23 heavy (non-hydrogen) atoms. The molecule has 2 aromatic rings. The van der Waals surface area contributed by atoms with E-state index < -0.39 is 8.32 Å². The summed E-state index contributed by atoms with van der Waals surface area (Å²) in [7, 11) is -1.89. The van der Waals surface area contributed by atoms with Crippen molar-refractivity contribution in [3.8, 4) is 5.75 Å². The zero-order valence-electron chi connectivity index (χ0n) is 15.2. The summed E-state index contributed by atoms with van der Waals surface area (Å²) in [6.07, 6.45) is 1.80. The molecule has 0 fully saturated rings. The minimum atomic E-state index is -1.89. The number of aromatic nitrogens is 1. The van der Waals surface area contributed by atoms with Crippen LogP contribution in [0.1, 0.15) is 41.5 Å². The van der Waals surface area contributed by atoms with Crippen LogP contribution in [0.3, 0.4) is 0 Å². The van der Waals surface area contributed by atoms with Gasteiger partial charge in [0.1, 0.15) is 11.3 Å². The van der Waals surface area contributed by atoms with Crippen LogP contribution in [0.2, 0.25) is 16.6 Å². The summed E-state index contributed by atoms with van der Waals surface area (Å²) < 4.78 is 12.4. The largest absolute Gasteiger partial charge is 0.466 e. The Morgan fingerprint density at radius 3 is 2.13 bits per heavy atom. The Labute approximate surface area is 141 Å². The van der Waals surface area contributed by atoms with E-state index in [9.17, 15) is 0 Å². The summed E-state index contributed by atoms with van der Waals surface area (Å²) in [5.74, 6) is 0.794. The number of fused-ring (bicyclic) bond motifs is 1. The van der Waals surface area contributed by atoms with Crippen LogP contribution in [0.25, 0.3) is 10.9 Å². The lowest BCUT2D eigenvalue weighted by Gasteiger charge is -2.41. The first-order chi connectivity index (χ1) is 10.9. The highest BCUT2D eigenvalue weighted by Crippen LogP contribution is 2.42. The van der Waals surface area contributed by atoms with Crippen molar-refractivity contribution in [1.29, 1.82) is 0 Å². The molecular weight excluding hydrogens is 302 g/mol.